The number of hydrogen-bond donors (Lipinski definition) is 1. The maximum absolute atomic E-state index is 12.5. The molecule has 2 aromatic heterocycles. The molecule has 122 valence electrons. The molecule has 0 radical (unpaired) electrons. The van der Waals surface area contributed by atoms with Crippen LogP contribution >= 0.6 is 11.3 Å². The molecule has 3 rings (SSSR count). The topological polar surface area (TPSA) is 67.2 Å². The second kappa shape index (κ2) is 6.95. The number of amides is 2. The molecule has 7 heteroatoms. The lowest BCUT2D eigenvalue weighted by Gasteiger charge is -2.23. The van der Waals surface area contributed by atoms with Crippen LogP contribution in [-0.2, 0) is 29.6 Å². The number of hydrogen-bond acceptors (Lipinski definition) is 4. The Morgan fingerprint density at radius 2 is 2.30 bits per heavy atom. The summed E-state index contributed by atoms with van der Waals surface area (Å²) >= 11 is 1.57. The second-order valence-corrected chi connectivity index (χ2v) is 6.70. The first-order chi connectivity index (χ1) is 11.1. The number of nitrogens with zero attached hydrogens (tertiary/aromatic N) is 3. The Bertz CT molecular complexity index is 680. The van der Waals surface area contributed by atoms with E-state index in [-0.39, 0.29) is 17.9 Å². The van der Waals surface area contributed by atoms with Gasteiger partial charge in [0.25, 0.3) is 0 Å². The molecular formula is C16H20N4O2S. The molecule has 2 amide bonds. The van der Waals surface area contributed by atoms with E-state index in [9.17, 15) is 9.59 Å². The van der Waals surface area contributed by atoms with Crippen molar-refractivity contribution < 1.29 is 9.59 Å². The zero-order chi connectivity index (χ0) is 16.2. The molecule has 3 heterocycles. The third-order valence-electron chi connectivity index (χ3n) is 4.15. The van der Waals surface area contributed by atoms with Crippen LogP contribution in [0.1, 0.15) is 23.4 Å². The number of likely N-dealkylation sites (tertiary alicyclic amines) is 1. The van der Waals surface area contributed by atoms with Crippen LogP contribution in [0.3, 0.4) is 0 Å². The molecule has 23 heavy (non-hydrogen) atoms. The van der Waals surface area contributed by atoms with Gasteiger partial charge in [0.2, 0.25) is 11.8 Å². The van der Waals surface area contributed by atoms with Crippen LogP contribution in [0.15, 0.2) is 29.8 Å². The van der Waals surface area contributed by atoms with E-state index in [4.69, 9.17) is 0 Å². The van der Waals surface area contributed by atoms with E-state index in [2.05, 4.69) is 10.4 Å². The zero-order valence-corrected chi connectivity index (χ0v) is 13.9. The van der Waals surface area contributed by atoms with E-state index in [1.807, 2.05) is 30.6 Å². The van der Waals surface area contributed by atoms with Crippen molar-refractivity contribution in [1.82, 2.24) is 20.0 Å². The highest BCUT2D eigenvalue weighted by Gasteiger charge is 2.33. The average molecular weight is 332 g/mol. The van der Waals surface area contributed by atoms with E-state index in [1.165, 1.54) is 0 Å². The van der Waals surface area contributed by atoms with Crippen LogP contribution < -0.4 is 5.32 Å². The fourth-order valence-corrected chi connectivity index (χ4v) is 3.57. The first-order valence-corrected chi connectivity index (χ1v) is 8.59. The van der Waals surface area contributed by atoms with E-state index in [1.54, 1.807) is 27.1 Å². The third-order valence-corrected chi connectivity index (χ3v) is 5.02. The third kappa shape index (κ3) is 3.61. The van der Waals surface area contributed by atoms with Gasteiger partial charge < -0.3 is 10.2 Å². The molecule has 0 spiro atoms. The number of aryl methyl sites for hydroxylation is 1. The Morgan fingerprint density at radius 1 is 1.43 bits per heavy atom. The van der Waals surface area contributed by atoms with Gasteiger partial charge in [-0.1, -0.05) is 6.07 Å². The molecule has 0 aliphatic carbocycles. The molecule has 1 atom stereocenters. The van der Waals surface area contributed by atoms with Gasteiger partial charge in [0, 0.05) is 24.7 Å². The summed E-state index contributed by atoms with van der Waals surface area (Å²) in [5.41, 5.74) is 0.938. The quantitative estimate of drug-likeness (QED) is 0.898. The van der Waals surface area contributed by atoms with Gasteiger partial charge in [-0.15, -0.1) is 11.3 Å². The SMILES string of the molecule is Cn1nccc1CNC(=O)C1CCCN1C(=O)Cc1cccs1. The summed E-state index contributed by atoms with van der Waals surface area (Å²) in [6, 6.07) is 5.41. The predicted octanol–water partition coefficient (Wildman–Crippen LogP) is 1.33. The summed E-state index contributed by atoms with van der Waals surface area (Å²) in [5, 5.41) is 8.96. The van der Waals surface area contributed by atoms with Crippen LogP contribution in [0.2, 0.25) is 0 Å². The van der Waals surface area contributed by atoms with Gasteiger partial charge in [0.15, 0.2) is 0 Å². The van der Waals surface area contributed by atoms with E-state index < -0.39 is 0 Å². The molecule has 6 nitrogen and oxygen atoms in total. The second-order valence-electron chi connectivity index (χ2n) is 5.67. The van der Waals surface area contributed by atoms with Crippen molar-refractivity contribution in [2.24, 2.45) is 7.05 Å². The molecule has 1 aliphatic rings. The molecule has 0 aromatic carbocycles. The van der Waals surface area contributed by atoms with Gasteiger partial charge in [-0.05, 0) is 30.4 Å². The minimum Gasteiger partial charge on any atom is -0.349 e. The summed E-state index contributed by atoms with van der Waals surface area (Å²) in [6.45, 7) is 1.09. The minimum absolute atomic E-state index is 0.0330. The minimum atomic E-state index is -0.351. The number of nitrogens with one attached hydrogen (secondary N) is 1. The molecule has 0 saturated carbocycles. The first kappa shape index (κ1) is 15.7. The van der Waals surface area contributed by atoms with Crippen LogP contribution in [0.5, 0.6) is 0 Å². The summed E-state index contributed by atoms with van der Waals surface area (Å²) in [4.78, 5) is 27.6. The fourth-order valence-electron chi connectivity index (χ4n) is 2.87. The van der Waals surface area contributed by atoms with Crippen LogP contribution in [-0.4, -0.2) is 39.1 Å². The van der Waals surface area contributed by atoms with Gasteiger partial charge in [-0.3, -0.25) is 14.3 Å². The van der Waals surface area contributed by atoms with Crippen molar-refractivity contribution in [1.29, 1.82) is 0 Å². The van der Waals surface area contributed by atoms with Crippen LogP contribution in [0.25, 0.3) is 0 Å². The molecule has 1 unspecified atom stereocenters. The average Bonchev–Trinajstić information content (AvgIpc) is 3.26. The standard InChI is InChI=1S/C16H20N4O2S/c1-19-12(6-7-18-19)11-17-16(22)14-5-2-8-20(14)15(21)10-13-4-3-9-23-13/h3-4,6-7,9,14H,2,5,8,10-11H2,1H3,(H,17,22). The molecule has 2 aromatic rings. The Balaban J connectivity index is 1.58. The Hall–Kier alpha value is -2.15. The lowest BCUT2D eigenvalue weighted by molar-refractivity contribution is -0.138. The van der Waals surface area contributed by atoms with E-state index in [0.717, 1.165) is 23.4 Å². The van der Waals surface area contributed by atoms with Gasteiger partial charge in [-0.25, -0.2) is 0 Å². The number of rotatable bonds is 5. The molecular weight excluding hydrogens is 312 g/mol. The number of carbonyl (C=O) groups is 2. The summed E-state index contributed by atoms with van der Waals surface area (Å²) in [6.07, 6.45) is 3.68. The Morgan fingerprint density at radius 3 is 3.00 bits per heavy atom. The largest absolute Gasteiger partial charge is 0.349 e. The Labute approximate surface area is 139 Å². The van der Waals surface area contributed by atoms with E-state index >= 15 is 0 Å². The Kier molecular flexibility index (Phi) is 4.76. The summed E-state index contributed by atoms with van der Waals surface area (Å²) < 4.78 is 1.73. The number of carbonyl (C=O) groups excluding carboxylic acids is 2. The maximum atomic E-state index is 12.5. The van der Waals surface area contributed by atoms with Crippen molar-refractivity contribution in [3.63, 3.8) is 0 Å². The molecule has 1 N–H and O–H groups in total. The highest BCUT2D eigenvalue weighted by atomic mass is 32.1. The van der Waals surface area contributed by atoms with E-state index in [0.29, 0.717) is 19.5 Å². The van der Waals surface area contributed by atoms with Crippen LogP contribution in [0.4, 0.5) is 0 Å². The monoisotopic (exact) mass is 332 g/mol. The lowest BCUT2D eigenvalue weighted by Crippen LogP contribution is -2.46. The molecule has 1 saturated heterocycles. The fraction of sp³-hybridized carbons (Fsp3) is 0.438. The van der Waals surface area contributed by atoms with Crippen molar-refractivity contribution >= 4 is 23.2 Å². The molecule has 1 aliphatic heterocycles. The van der Waals surface area contributed by atoms with Gasteiger partial charge in [0.1, 0.15) is 6.04 Å². The van der Waals surface area contributed by atoms with Crippen molar-refractivity contribution in [2.45, 2.75) is 31.8 Å². The summed E-state index contributed by atoms with van der Waals surface area (Å²) in [5.74, 6) is -0.0473. The van der Waals surface area contributed by atoms with Crippen LogP contribution in [0, 0.1) is 0 Å². The van der Waals surface area contributed by atoms with Crippen molar-refractivity contribution in [2.75, 3.05) is 6.54 Å². The highest BCUT2D eigenvalue weighted by molar-refractivity contribution is 7.10. The predicted molar refractivity (Wildman–Crippen MR) is 87.8 cm³/mol. The van der Waals surface area contributed by atoms with Gasteiger partial charge in [0.05, 0.1) is 18.7 Å². The number of aromatic nitrogens is 2. The highest BCUT2D eigenvalue weighted by Crippen LogP contribution is 2.20. The smallest absolute Gasteiger partial charge is 0.243 e. The maximum Gasteiger partial charge on any atom is 0.243 e. The lowest BCUT2D eigenvalue weighted by atomic mass is 10.2. The zero-order valence-electron chi connectivity index (χ0n) is 13.1. The molecule has 1 fully saturated rings. The van der Waals surface area contributed by atoms with Gasteiger partial charge >= 0.3 is 0 Å². The summed E-state index contributed by atoms with van der Waals surface area (Å²) in [7, 11) is 1.84. The molecule has 0 bridgehead atoms. The normalized spacial score (nSPS) is 17.4. The van der Waals surface area contributed by atoms with Crippen molar-refractivity contribution in [3.8, 4) is 0 Å². The first-order valence-electron chi connectivity index (χ1n) is 7.71. The van der Waals surface area contributed by atoms with Gasteiger partial charge in [-0.2, -0.15) is 5.10 Å². The van der Waals surface area contributed by atoms with Crippen molar-refractivity contribution in [3.05, 3.63) is 40.3 Å². The number of thiophene rings is 1.